The lowest BCUT2D eigenvalue weighted by molar-refractivity contribution is -0.903. The second kappa shape index (κ2) is 11.2. The number of quaternary nitrogens is 1. The highest BCUT2D eigenvalue weighted by Crippen LogP contribution is 2.40. The van der Waals surface area contributed by atoms with Gasteiger partial charge in [0.05, 0.1) is 37.6 Å². The fourth-order valence-electron chi connectivity index (χ4n) is 5.27. The largest absolute Gasteiger partial charge is 0.505 e. The molecule has 0 unspecified atom stereocenters. The molecule has 2 aromatic heterocycles. The van der Waals surface area contributed by atoms with Crippen LogP contribution in [0.4, 0.5) is 11.4 Å². The summed E-state index contributed by atoms with van der Waals surface area (Å²) >= 11 is 0. The maximum Gasteiger partial charge on any atom is 0.371 e. The Bertz CT molecular complexity index is 1690. The van der Waals surface area contributed by atoms with Gasteiger partial charge in [0, 0.05) is 5.56 Å². The van der Waals surface area contributed by atoms with Gasteiger partial charge in [-0.2, -0.15) is 0 Å². The molecule has 0 radical (unpaired) electrons. The number of nitrogens with zero attached hydrogens (tertiary/aromatic N) is 4. The topological polar surface area (TPSA) is 153 Å². The number of aromatic hydroxyl groups is 1. The van der Waals surface area contributed by atoms with E-state index >= 15 is 0 Å². The predicted molar refractivity (Wildman–Crippen MR) is 152 cm³/mol. The molecule has 1 aliphatic carbocycles. The smallest absolute Gasteiger partial charge is 0.371 e. The number of aliphatic hydroxyl groups excluding tert-OH is 1. The molecule has 4 aromatic rings. The first-order chi connectivity index (χ1) is 19.6. The lowest BCUT2D eigenvalue weighted by Crippen LogP contribution is -2.41. The van der Waals surface area contributed by atoms with Crippen molar-refractivity contribution in [2.75, 3.05) is 27.2 Å². The molecule has 1 aliphatic rings. The van der Waals surface area contributed by atoms with Gasteiger partial charge in [-0.15, -0.1) is 10.2 Å². The summed E-state index contributed by atoms with van der Waals surface area (Å²) in [4.78, 5) is 24.7. The standard InChI is InChI=1S/C30H33N5O6/c1-18-27(29(38)34(33-18)22-9-8-20-6-4-5-7-21(20)16-22)32-31-24-15-19(17-35(2,3)12-13-36)14-23(28(24)37)25-10-11-26(41-25)30(39)40/h8-11,14-16,36H,4-7,12-13,17H2,1-3H3,(H2-,31,32,33,37,38,39,40)/p+1. The number of hydrogen-bond donors (Lipinski definition) is 4. The lowest BCUT2D eigenvalue weighted by Gasteiger charge is -2.29. The third-order valence-corrected chi connectivity index (χ3v) is 7.44. The lowest BCUT2D eigenvalue weighted by atomic mass is 9.91. The summed E-state index contributed by atoms with van der Waals surface area (Å²) in [6.45, 7) is 2.68. The summed E-state index contributed by atoms with van der Waals surface area (Å²) in [5.41, 5.74) is 4.63. The number of phenolic OH excluding ortho intramolecular Hbond substituents is 1. The number of phenols is 1. The number of aromatic amines is 1. The van der Waals surface area contributed by atoms with Crippen LogP contribution < -0.4 is 5.56 Å². The molecule has 2 heterocycles. The monoisotopic (exact) mass is 560 g/mol. The van der Waals surface area contributed by atoms with E-state index in [-0.39, 0.29) is 46.4 Å². The van der Waals surface area contributed by atoms with Crippen molar-refractivity contribution in [1.29, 1.82) is 0 Å². The first kappa shape index (κ1) is 28.1. The first-order valence-corrected chi connectivity index (χ1v) is 13.5. The molecule has 0 aliphatic heterocycles. The van der Waals surface area contributed by atoms with E-state index in [0.29, 0.717) is 23.3 Å². The summed E-state index contributed by atoms with van der Waals surface area (Å²) in [6, 6.07) is 12.2. The number of likely N-dealkylation sites (N-methyl/N-ethyl adjacent to an activating group) is 1. The van der Waals surface area contributed by atoms with Crippen molar-refractivity contribution in [2.24, 2.45) is 10.2 Å². The number of fused-ring (bicyclic) bond motifs is 1. The fraction of sp³-hybridized carbons (Fsp3) is 0.333. The molecule has 214 valence electrons. The van der Waals surface area contributed by atoms with Gasteiger partial charge in [-0.05, 0) is 80.1 Å². The van der Waals surface area contributed by atoms with Crippen LogP contribution >= 0.6 is 0 Å². The van der Waals surface area contributed by atoms with E-state index in [1.165, 1.54) is 34.4 Å². The summed E-state index contributed by atoms with van der Waals surface area (Å²) in [5, 5.41) is 41.5. The quantitative estimate of drug-likeness (QED) is 0.167. The van der Waals surface area contributed by atoms with Gasteiger partial charge in [0.1, 0.15) is 24.5 Å². The number of nitrogens with one attached hydrogen (secondary N) is 1. The molecule has 41 heavy (non-hydrogen) atoms. The number of rotatable bonds is 9. The van der Waals surface area contributed by atoms with Crippen LogP contribution in [0.5, 0.6) is 5.75 Å². The molecule has 0 spiro atoms. The molecule has 0 fully saturated rings. The van der Waals surface area contributed by atoms with Crippen LogP contribution in [0, 0.1) is 6.92 Å². The molecular weight excluding hydrogens is 526 g/mol. The molecule has 5 rings (SSSR count). The van der Waals surface area contributed by atoms with Crippen molar-refractivity contribution in [1.82, 2.24) is 9.78 Å². The van der Waals surface area contributed by atoms with Crippen LogP contribution in [0.15, 0.2) is 61.9 Å². The number of aryl methyl sites for hydroxylation is 3. The van der Waals surface area contributed by atoms with Crippen molar-refractivity contribution in [3.63, 3.8) is 0 Å². The normalized spacial score (nSPS) is 13.6. The third kappa shape index (κ3) is 5.86. The zero-order valence-corrected chi connectivity index (χ0v) is 23.3. The van der Waals surface area contributed by atoms with Crippen LogP contribution in [0.3, 0.4) is 0 Å². The van der Waals surface area contributed by atoms with Crippen LogP contribution in [0.1, 0.15) is 45.8 Å². The number of azo groups is 1. The van der Waals surface area contributed by atoms with E-state index in [4.69, 9.17) is 4.42 Å². The molecular formula is C30H34N5O6+. The highest BCUT2D eigenvalue weighted by Gasteiger charge is 2.22. The Kier molecular flexibility index (Phi) is 7.65. The van der Waals surface area contributed by atoms with Crippen LogP contribution in [-0.2, 0) is 19.4 Å². The van der Waals surface area contributed by atoms with Crippen LogP contribution in [-0.4, -0.2) is 62.8 Å². The maximum atomic E-state index is 13.4. The summed E-state index contributed by atoms with van der Waals surface area (Å²) < 4.78 is 7.35. The van der Waals surface area contributed by atoms with E-state index in [1.54, 1.807) is 19.1 Å². The predicted octanol–water partition coefficient (Wildman–Crippen LogP) is 5.00. The highest BCUT2D eigenvalue weighted by molar-refractivity contribution is 5.86. The molecule has 0 saturated heterocycles. The summed E-state index contributed by atoms with van der Waals surface area (Å²) in [6.07, 6.45) is 4.33. The van der Waals surface area contributed by atoms with Crippen molar-refractivity contribution >= 4 is 17.3 Å². The van der Waals surface area contributed by atoms with Crippen molar-refractivity contribution < 1.29 is 29.0 Å². The van der Waals surface area contributed by atoms with E-state index in [2.05, 4.69) is 21.4 Å². The molecule has 4 N–H and O–H groups in total. The molecule has 11 nitrogen and oxygen atoms in total. The maximum absolute atomic E-state index is 13.4. The van der Waals surface area contributed by atoms with Gasteiger partial charge in [-0.1, -0.05) is 6.07 Å². The number of aromatic carboxylic acids is 1. The molecule has 11 heteroatoms. The average molecular weight is 561 g/mol. The van der Waals surface area contributed by atoms with Gasteiger partial charge in [0.2, 0.25) is 5.76 Å². The minimum atomic E-state index is -1.23. The van der Waals surface area contributed by atoms with Gasteiger partial charge in [-0.3, -0.25) is 9.89 Å². The van der Waals surface area contributed by atoms with E-state index in [0.717, 1.165) is 30.5 Å². The van der Waals surface area contributed by atoms with Crippen molar-refractivity contribution in [3.8, 4) is 22.8 Å². The summed E-state index contributed by atoms with van der Waals surface area (Å²) in [7, 11) is 3.90. The molecule has 0 atom stereocenters. The van der Waals surface area contributed by atoms with Crippen LogP contribution in [0.25, 0.3) is 17.0 Å². The Labute approximate surface area is 236 Å². The van der Waals surface area contributed by atoms with Gasteiger partial charge in [0.15, 0.2) is 11.4 Å². The number of benzene rings is 2. The fourth-order valence-corrected chi connectivity index (χ4v) is 5.27. The Morgan fingerprint density at radius 1 is 1.07 bits per heavy atom. The highest BCUT2D eigenvalue weighted by atomic mass is 16.4. The van der Waals surface area contributed by atoms with Crippen LogP contribution in [0.2, 0.25) is 0 Å². The number of carboxylic acid groups (broad SMARTS) is 1. The van der Waals surface area contributed by atoms with Crippen molar-refractivity contribution in [2.45, 2.75) is 39.2 Å². The van der Waals surface area contributed by atoms with Gasteiger partial charge in [0.25, 0.3) is 5.56 Å². The summed E-state index contributed by atoms with van der Waals surface area (Å²) in [5.74, 6) is -1.61. The molecule has 0 saturated carbocycles. The number of aromatic nitrogens is 2. The number of furan rings is 1. The Balaban J connectivity index is 1.54. The zero-order chi connectivity index (χ0) is 29.3. The van der Waals surface area contributed by atoms with E-state index in [1.807, 2.05) is 26.2 Å². The number of hydrogen-bond acceptors (Lipinski definition) is 7. The number of H-pyrrole nitrogens is 1. The van der Waals surface area contributed by atoms with E-state index in [9.17, 15) is 24.9 Å². The number of carboxylic acids is 1. The van der Waals surface area contributed by atoms with Gasteiger partial charge in [-0.25, -0.2) is 9.48 Å². The SMILES string of the molecule is Cc1[nH]n(-c2ccc3c(c2)CCCC3)c(=O)c1N=Nc1cc(C[N+](C)(C)CCO)cc(-c2ccc(C(=O)O)o2)c1O. The number of aliphatic hydroxyl groups is 1. The minimum absolute atomic E-state index is 0.00603. The first-order valence-electron chi connectivity index (χ1n) is 13.5. The molecule has 0 bridgehead atoms. The van der Waals surface area contributed by atoms with Crippen molar-refractivity contribution in [3.05, 3.63) is 81.0 Å². The van der Waals surface area contributed by atoms with E-state index < -0.39 is 5.97 Å². The van der Waals surface area contributed by atoms with Gasteiger partial charge < -0.3 is 24.2 Å². The zero-order valence-electron chi connectivity index (χ0n) is 23.3. The minimum Gasteiger partial charge on any atom is -0.505 e. The Morgan fingerprint density at radius 3 is 2.54 bits per heavy atom. The third-order valence-electron chi connectivity index (χ3n) is 7.44. The molecule has 0 amide bonds. The van der Waals surface area contributed by atoms with Gasteiger partial charge >= 0.3 is 5.97 Å². The second-order valence-corrected chi connectivity index (χ2v) is 11.1. The second-order valence-electron chi connectivity index (χ2n) is 11.1. The number of carbonyl (C=O) groups is 1. The Hall–Kier alpha value is -4.48. The molecule has 2 aromatic carbocycles. The Morgan fingerprint density at radius 2 is 1.83 bits per heavy atom. The average Bonchev–Trinajstić information content (AvgIpc) is 3.53.